The van der Waals surface area contributed by atoms with E-state index in [1.807, 2.05) is 13.8 Å². The molecule has 1 aliphatic rings. The van der Waals surface area contributed by atoms with Gasteiger partial charge >= 0.3 is 0 Å². The largest absolute Gasteiger partial charge is 0.343 e. The van der Waals surface area contributed by atoms with Gasteiger partial charge in [0.05, 0.1) is 0 Å². The fraction of sp³-hybridized carbons (Fsp3) is 0.846. The molecule has 0 aliphatic carbocycles. The third kappa shape index (κ3) is 4.36. The summed E-state index contributed by atoms with van der Waals surface area (Å²) in [5.74, 6) is 0.355. The van der Waals surface area contributed by atoms with Gasteiger partial charge in [-0.15, -0.1) is 0 Å². The molecule has 0 saturated carbocycles. The Kier molecular flexibility index (Phi) is 5.45. The van der Waals surface area contributed by atoms with Gasteiger partial charge < -0.3 is 10.6 Å². The van der Waals surface area contributed by atoms with Crippen LogP contribution in [-0.4, -0.2) is 23.9 Å². The Bertz CT molecular complexity index is 277. The van der Waals surface area contributed by atoms with Crippen molar-refractivity contribution in [3.63, 3.8) is 0 Å². The lowest BCUT2D eigenvalue weighted by atomic mass is 9.98. The summed E-state index contributed by atoms with van der Waals surface area (Å²) >= 11 is 0. The molecule has 0 aromatic heterocycles. The third-order valence-corrected chi connectivity index (χ3v) is 3.07. The van der Waals surface area contributed by atoms with Crippen molar-refractivity contribution in [3.8, 4) is 0 Å². The summed E-state index contributed by atoms with van der Waals surface area (Å²) in [6, 6.07) is -0.664. The molecule has 98 valence electrons. The van der Waals surface area contributed by atoms with Crippen molar-refractivity contribution in [2.24, 2.45) is 5.92 Å². The van der Waals surface area contributed by atoms with E-state index in [1.165, 1.54) is 0 Å². The predicted molar refractivity (Wildman–Crippen MR) is 67.5 cm³/mol. The van der Waals surface area contributed by atoms with Gasteiger partial charge in [0.2, 0.25) is 11.8 Å². The molecule has 17 heavy (non-hydrogen) atoms. The van der Waals surface area contributed by atoms with Gasteiger partial charge in [-0.2, -0.15) is 0 Å². The smallest absolute Gasteiger partial charge is 0.243 e. The molecule has 2 N–H and O–H groups in total. The van der Waals surface area contributed by atoms with Crippen molar-refractivity contribution in [2.75, 3.05) is 0 Å². The average Bonchev–Trinajstić information content (AvgIpc) is 2.24. The van der Waals surface area contributed by atoms with E-state index in [2.05, 4.69) is 17.6 Å². The topological polar surface area (TPSA) is 58.2 Å². The molecule has 0 radical (unpaired) electrons. The molecular weight excluding hydrogens is 216 g/mol. The number of carbonyl (C=O) groups excluding carboxylic acids is 2. The van der Waals surface area contributed by atoms with E-state index >= 15 is 0 Å². The molecule has 0 aromatic rings. The molecule has 4 nitrogen and oxygen atoms in total. The number of rotatable bonds is 6. The maximum Gasteiger partial charge on any atom is 0.243 e. The van der Waals surface area contributed by atoms with Crippen LogP contribution in [0.15, 0.2) is 0 Å². The molecule has 0 spiro atoms. The first-order valence-corrected chi connectivity index (χ1v) is 6.65. The Morgan fingerprint density at radius 3 is 2.24 bits per heavy atom. The Balaban J connectivity index is 2.43. The highest BCUT2D eigenvalue weighted by molar-refractivity contribution is 5.96. The van der Waals surface area contributed by atoms with Crippen LogP contribution in [0.1, 0.15) is 52.9 Å². The minimum atomic E-state index is -0.343. The van der Waals surface area contributed by atoms with E-state index in [-0.39, 0.29) is 23.9 Å². The van der Waals surface area contributed by atoms with Crippen LogP contribution >= 0.6 is 0 Å². The fourth-order valence-electron chi connectivity index (χ4n) is 2.11. The van der Waals surface area contributed by atoms with Gasteiger partial charge in [-0.3, -0.25) is 9.59 Å². The van der Waals surface area contributed by atoms with Crippen molar-refractivity contribution in [1.82, 2.24) is 10.6 Å². The Morgan fingerprint density at radius 1 is 1.06 bits per heavy atom. The maximum absolute atomic E-state index is 11.8. The molecule has 4 heteroatoms. The van der Waals surface area contributed by atoms with Crippen molar-refractivity contribution in [2.45, 2.75) is 65.0 Å². The van der Waals surface area contributed by atoms with Gasteiger partial charge in [0.15, 0.2) is 0 Å². The van der Waals surface area contributed by atoms with E-state index < -0.39 is 0 Å². The van der Waals surface area contributed by atoms with Crippen molar-refractivity contribution in [1.29, 1.82) is 0 Å². The Hall–Kier alpha value is -1.06. The summed E-state index contributed by atoms with van der Waals surface area (Å²) in [4.78, 5) is 23.6. The number of piperazine rings is 1. The maximum atomic E-state index is 11.8. The van der Waals surface area contributed by atoms with Gasteiger partial charge in [-0.1, -0.05) is 40.0 Å². The molecule has 1 heterocycles. The van der Waals surface area contributed by atoms with E-state index in [1.54, 1.807) is 0 Å². The van der Waals surface area contributed by atoms with Crippen molar-refractivity contribution >= 4 is 11.8 Å². The number of hydrogen-bond donors (Lipinski definition) is 2. The van der Waals surface area contributed by atoms with E-state index in [4.69, 9.17) is 0 Å². The second-order valence-corrected chi connectivity index (χ2v) is 5.25. The monoisotopic (exact) mass is 240 g/mol. The van der Waals surface area contributed by atoms with Gasteiger partial charge in [0.25, 0.3) is 0 Å². The van der Waals surface area contributed by atoms with Crippen LogP contribution in [-0.2, 0) is 9.59 Å². The molecule has 1 aliphatic heterocycles. The summed E-state index contributed by atoms with van der Waals surface area (Å²) in [5, 5.41) is 5.65. The molecule has 1 fully saturated rings. The number of amides is 2. The molecule has 1 saturated heterocycles. The van der Waals surface area contributed by atoms with E-state index in [9.17, 15) is 9.59 Å². The molecular formula is C13H24N2O2. The van der Waals surface area contributed by atoms with Crippen LogP contribution in [0.5, 0.6) is 0 Å². The van der Waals surface area contributed by atoms with Crippen LogP contribution in [0.3, 0.4) is 0 Å². The molecule has 0 bridgehead atoms. The lowest BCUT2D eigenvalue weighted by Gasteiger charge is -2.30. The van der Waals surface area contributed by atoms with Crippen molar-refractivity contribution in [3.05, 3.63) is 0 Å². The minimum Gasteiger partial charge on any atom is -0.343 e. The average molecular weight is 240 g/mol. The zero-order valence-electron chi connectivity index (χ0n) is 11.1. The third-order valence-electron chi connectivity index (χ3n) is 3.07. The summed E-state index contributed by atoms with van der Waals surface area (Å²) < 4.78 is 0. The second-order valence-electron chi connectivity index (χ2n) is 5.25. The summed E-state index contributed by atoms with van der Waals surface area (Å²) in [7, 11) is 0. The Morgan fingerprint density at radius 2 is 1.65 bits per heavy atom. The molecule has 2 atom stereocenters. The number of nitrogens with one attached hydrogen (secondary N) is 2. The van der Waals surface area contributed by atoms with Crippen LogP contribution < -0.4 is 10.6 Å². The van der Waals surface area contributed by atoms with Gasteiger partial charge in [-0.05, 0) is 18.8 Å². The second kappa shape index (κ2) is 6.62. The van der Waals surface area contributed by atoms with Gasteiger partial charge in [-0.25, -0.2) is 0 Å². The highest BCUT2D eigenvalue weighted by atomic mass is 16.2. The van der Waals surface area contributed by atoms with E-state index in [0.717, 1.165) is 25.7 Å². The van der Waals surface area contributed by atoms with Crippen LogP contribution in [0.2, 0.25) is 0 Å². The highest BCUT2D eigenvalue weighted by Crippen LogP contribution is 2.12. The first kappa shape index (κ1) is 14.0. The summed E-state index contributed by atoms with van der Waals surface area (Å²) in [6.07, 6.45) is 4.68. The van der Waals surface area contributed by atoms with Crippen LogP contribution in [0.4, 0.5) is 0 Å². The van der Waals surface area contributed by atoms with Crippen molar-refractivity contribution < 1.29 is 9.59 Å². The zero-order chi connectivity index (χ0) is 12.8. The molecule has 0 aromatic carbocycles. The molecule has 2 amide bonds. The predicted octanol–water partition coefficient (Wildman–Crippen LogP) is 1.60. The first-order chi connectivity index (χ1) is 8.04. The number of hydrogen-bond acceptors (Lipinski definition) is 2. The highest BCUT2D eigenvalue weighted by Gasteiger charge is 2.33. The summed E-state index contributed by atoms with van der Waals surface area (Å²) in [6.45, 7) is 6.22. The fourth-order valence-corrected chi connectivity index (χ4v) is 2.11. The standard InChI is InChI=1S/C13H24N2O2/c1-4-5-6-7-10-12(16)15-11(8-9(2)3)13(17)14-10/h9-11H,4-8H2,1-3H3,(H,14,17)(H,15,16)/t10-,11+/m1/s1. The van der Waals surface area contributed by atoms with Crippen LogP contribution in [0.25, 0.3) is 0 Å². The van der Waals surface area contributed by atoms with Gasteiger partial charge in [0.1, 0.15) is 12.1 Å². The lowest BCUT2D eigenvalue weighted by Crippen LogP contribution is -2.61. The van der Waals surface area contributed by atoms with Crippen LogP contribution in [0, 0.1) is 5.92 Å². The number of unbranched alkanes of at least 4 members (excludes halogenated alkanes) is 2. The normalized spacial score (nSPS) is 24.7. The number of carbonyl (C=O) groups is 2. The molecule has 0 unspecified atom stereocenters. The molecule has 1 rings (SSSR count). The first-order valence-electron chi connectivity index (χ1n) is 6.65. The quantitative estimate of drug-likeness (QED) is 0.693. The summed E-state index contributed by atoms with van der Waals surface area (Å²) in [5.41, 5.74) is 0. The zero-order valence-corrected chi connectivity index (χ0v) is 11.1. The minimum absolute atomic E-state index is 0.0219. The Labute approximate surface area is 104 Å². The SMILES string of the molecule is CCCCC[C@H]1NC(=O)[C@H](CC(C)C)NC1=O. The van der Waals surface area contributed by atoms with E-state index in [0.29, 0.717) is 12.3 Å². The lowest BCUT2D eigenvalue weighted by molar-refractivity contribution is -0.137. The van der Waals surface area contributed by atoms with Gasteiger partial charge in [0, 0.05) is 0 Å².